The fraction of sp³-hybridized carbons (Fsp3) is 0.393. The van der Waals surface area contributed by atoms with E-state index < -0.39 is 5.97 Å². The monoisotopic (exact) mass is 962 g/mol. The number of carboxylic acids is 1. The summed E-state index contributed by atoms with van der Waals surface area (Å²) in [7, 11) is 3.45. The lowest BCUT2D eigenvalue weighted by molar-refractivity contribution is 0.0692. The molecule has 4 N–H and O–H groups in total. The molecule has 2 atom stereocenters. The number of aryl methyl sites for hydroxylation is 4. The number of aromatic amines is 2. The quantitative estimate of drug-likeness (QED) is 0.114. The number of imidazole rings is 2. The van der Waals surface area contributed by atoms with Crippen LogP contribution in [-0.4, -0.2) is 94.4 Å². The number of nitrogens with one attached hydrogen (secondary N) is 3. The van der Waals surface area contributed by atoms with Crippen LogP contribution in [0.25, 0.3) is 22.8 Å². The zero-order valence-electron chi connectivity index (χ0n) is 40.9. The summed E-state index contributed by atoms with van der Waals surface area (Å²) in [4.78, 5) is 43.0. The molecule has 2 fully saturated rings. The molecule has 0 bridgehead atoms. The zero-order chi connectivity index (χ0) is 48.8. The standard InChI is InChI=1S/C28H30N4O2.C16H18N2O3.C12H14N2.ClH/c1-17-12-18(2)24(15-23(17)27-30-25-13-22(34-3)14-26(25)31-27)28(33)32-10-8-21(9-11-32)20-6-4-19(16-29)5-7-20;1-8-4-9(2)12(16(19)20)7-11(8)15-17-13-5-10(21-3)6-14(13)18-15;13-9-10-1-3-11(4-2-10)12-5-7-14-8-6-12;/h4-7,12,15,21-22H,8-11,13-14H2,1-3H3,(H,30,31);4,7,10H,5-6H2,1-3H3,(H,17,18)(H,19,20);1-4,12,14H,5-8H2;1H. The summed E-state index contributed by atoms with van der Waals surface area (Å²) in [5, 5.41) is 30.3. The van der Waals surface area contributed by atoms with E-state index in [4.69, 9.17) is 25.0 Å². The third-order valence-electron chi connectivity index (χ3n) is 14.4. The van der Waals surface area contributed by atoms with Gasteiger partial charge in [0.2, 0.25) is 0 Å². The van der Waals surface area contributed by atoms with Crippen LogP contribution in [0.3, 0.4) is 0 Å². The zero-order valence-corrected chi connectivity index (χ0v) is 41.8. The molecule has 0 radical (unpaired) electrons. The van der Waals surface area contributed by atoms with E-state index in [9.17, 15) is 14.7 Å². The lowest BCUT2D eigenvalue weighted by atomic mass is 9.88. The van der Waals surface area contributed by atoms with Crippen LogP contribution in [0, 0.1) is 50.4 Å². The first kappa shape index (κ1) is 51.2. The van der Waals surface area contributed by atoms with Crippen molar-refractivity contribution >= 4 is 24.3 Å². The van der Waals surface area contributed by atoms with Crippen LogP contribution < -0.4 is 5.32 Å². The lowest BCUT2D eigenvalue weighted by Crippen LogP contribution is -2.38. The van der Waals surface area contributed by atoms with E-state index >= 15 is 0 Å². The maximum Gasteiger partial charge on any atom is 0.335 e. The topological polar surface area (TPSA) is 193 Å². The highest BCUT2D eigenvalue weighted by molar-refractivity contribution is 5.97. The summed E-state index contributed by atoms with van der Waals surface area (Å²) >= 11 is 0. The van der Waals surface area contributed by atoms with Crippen LogP contribution in [0.2, 0.25) is 0 Å². The van der Waals surface area contributed by atoms with Gasteiger partial charge < -0.3 is 34.8 Å². The summed E-state index contributed by atoms with van der Waals surface area (Å²) in [6.45, 7) is 11.6. The largest absolute Gasteiger partial charge is 0.478 e. The molecule has 2 aliphatic carbocycles. The minimum Gasteiger partial charge on any atom is -0.478 e. The number of amides is 1. The number of methoxy groups -OCH3 is 2. The van der Waals surface area contributed by atoms with E-state index in [0.29, 0.717) is 23.0 Å². The van der Waals surface area contributed by atoms with Gasteiger partial charge in [-0.3, -0.25) is 4.79 Å². The third-order valence-corrected chi connectivity index (χ3v) is 14.4. The predicted octanol–water partition coefficient (Wildman–Crippen LogP) is 9.65. The van der Waals surface area contributed by atoms with Gasteiger partial charge in [0.25, 0.3) is 5.91 Å². The highest BCUT2D eigenvalue weighted by Crippen LogP contribution is 2.34. The summed E-state index contributed by atoms with van der Waals surface area (Å²) in [5.41, 5.74) is 15.2. The predicted molar refractivity (Wildman–Crippen MR) is 273 cm³/mol. The Balaban J connectivity index is 0.000000170. The van der Waals surface area contributed by atoms with Crippen LogP contribution >= 0.6 is 12.4 Å². The number of fused-ring (bicyclic) bond motifs is 2. The van der Waals surface area contributed by atoms with E-state index in [1.54, 1.807) is 20.3 Å². The number of carboxylic acid groups (broad SMARTS) is 1. The van der Waals surface area contributed by atoms with Gasteiger partial charge in [-0.05, 0) is 148 Å². The number of nitrogens with zero attached hydrogens (tertiary/aromatic N) is 5. The number of carbonyl (C=O) groups is 2. The van der Waals surface area contributed by atoms with Gasteiger partial charge in [0.05, 0.1) is 52.4 Å². The Morgan fingerprint density at radius 2 is 1.06 bits per heavy atom. The molecule has 2 aliphatic heterocycles. The minimum absolute atomic E-state index is 0. The first-order valence-corrected chi connectivity index (χ1v) is 24.0. The molecule has 2 saturated heterocycles. The van der Waals surface area contributed by atoms with Crippen molar-refractivity contribution in [3.63, 3.8) is 0 Å². The molecule has 4 aromatic carbocycles. The molecular weight excluding hydrogens is 900 g/mol. The van der Waals surface area contributed by atoms with E-state index in [2.05, 4.69) is 57.5 Å². The van der Waals surface area contributed by atoms with Gasteiger partial charge in [-0.15, -0.1) is 12.4 Å². The average molecular weight is 964 g/mol. The molecule has 13 nitrogen and oxygen atoms in total. The van der Waals surface area contributed by atoms with Gasteiger partial charge in [-0.1, -0.05) is 36.4 Å². The molecule has 6 aromatic rings. The molecule has 14 heteroatoms. The van der Waals surface area contributed by atoms with Crippen molar-refractivity contribution in [3.05, 3.63) is 151 Å². The summed E-state index contributed by atoms with van der Waals surface area (Å²) < 4.78 is 10.8. The second-order valence-electron chi connectivity index (χ2n) is 18.9. The number of rotatable bonds is 8. The van der Waals surface area contributed by atoms with E-state index in [1.807, 2.05) is 74.2 Å². The van der Waals surface area contributed by atoms with Crippen LogP contribution in [0.15, 0.2) is 72.8 Å². The van der Waals surface area contributed by atoms with E-state index in [0.717, 1.165) is 144 Å². The number of hydrogen-bond acceptors (Lipinski definition) is 9. The Hall–Kier alpha value is -6.61. The number of piperidine rings is 2. The van der Waals surface area contributed by atoms with Crippen molar-refractivity contribution in [2.75, 3.05) is 40.4 Å². The first-order chi connectivity index (χ1) is 33.3. The van der Waals surface area contributed by atoms with E-state index in [-0.39, 0.29) is 30.5 Å². The maximum absolute atomic E-state index is 13.5. The summed E-state index contributed by atoms with van der Waals surface area (Å²) in [6, 6.07) is 27.9. The molecule has 2 unspecified atom stereocenters. The van der Waals surface area contributed by atoms with Gasteiger partial charge in [-0.2, -0.15) is 10.5 Å². The Bertz CT molecular complexity index is 2850. The molecule has 10 rings (SSSR count). The lowest BCUT2D eigenvalue weighted by Gasteiger charge is -2.32. The number of H-pyrrole nitrogens is 2. The van der Waals surface area contributed by atoms with Crippen LogP contribution in [0.5, 0.6) is 0 Å². The SMILES string of the molecule is COC1Cc2nc(-c3cc(C(=O)N4CCC(c5ccc(C#N)cc5)CC4)c(C)cc3C)[nH]c2C1.COC1Cc2nc(-c3cc(C(=O)O)c(C)cc3C)[nH]c2C1.Cl.N#Cc1ccc(C2CCNCC2)cc1. The molecule has 0 saturated carbocycles. The second-order valence-corrected chi connectivity index (χ2v) is 18.9. The van der Waals surface area contributed by atoms with Gasteiger partial charge >= 0.3 is 5.97 Å². The van der Waals surface area contributed by atoms with Gasteiger partial charge in [0.1, 0.15) is 11.6 Å². The molecular formula is C56H63ClN8O5. The minimum atomic E-state index is -0.910. The van der Waals surface area contributed by atoms with Crippen LogP contribution in [-0.2, 0) is 35.2 Å². The Kier molecular flexibility index (Phi) is 16.7. The Labute approximate surface area is 417 Å². The van der Waals surface area contributed by atoms with Crippen molar-refractivity contribution in [2.45, 2.75) is 103 Å². The molecule has 2 aromatic heterocycles. The van der Waals surface area contributed by atoms with Crippen molar-refractivity contribution < 1.29 is 24.2 Å². The molecule has 4 heterocycles. The highest BCUT2D eigenvalue weighted by atomic mass is 35.5. The highest BCUT2D eigenvalue weighted by Gasteiger charge is 2.29. The Morgan fingerprint density at radius 3 is 1.47 bits per heavy atom. The normalized spacial score (nSPS) is 15.9. The number of halogens is 1. The maximum atomic E-state index is 13.5. The van der Waals surface area contributed by atoms with Crippen molar-refractivity contribution in [3.8, 4) is 34.9 Å². The van der Waals surface area contributed by atoms with Crippen molar-refractivity contribution in [1.29, 1.82) is 10.5 Å². The molecule has 0 spiro atoms. The molecule has 364 valence electrons. The van der Waals surface area contributed by atoms with Crippen LogP contribution in [0.4, 0.5) is 0 Å². The smallest absolute Gasteiger partial charge is 0.335 e. The third kappa shape index (κ3) is 11.5. The number of ether oxygens (including phenoxy) is 2. The summed E-state index contributed by atoms with van der Waals surface area (Å²) in [5.74, 6) is 1.87. The van der Waals surface area contributed by atoms with Gasteiger partial charge in [-0.25, -0.2) is 14.8 Å². The number of hydrogen-bond donors (Lipinski definition) is 4. The fourth-order valence-corrected chi connectivity index (χ4v) is 10.3. The molecule has 4 aliphatic rings. The Morgan fingerprint density at radius 1 is 0.629 bits per heavy atom. The number of nitriles is 2. The summed E-state index contributed by atoms with van der Waals surface area (Å²) in [6.07, 6.45) is 8.00. The number of aromatic nitrogens is 4. The van der Waals surface area contributed by atoms with Gasteiger partial charge in [0.15, 0.2) is 0 Å². The van der Waals surface area contributed by atoms with Crippen molar-refractivity contribution in [2.24, 2.45) is 0 Å². The van der Waals surface area contributed by atoms with Gasteiger partial charge in [0, 0.05) is 81.1 Å². The average Bonchev–Trinajstić information content (AvgIpc) is 4.16. The molecule has 1 amide bonds. The number of likely N-dealkylation sites (tertiary alicyclic amines) is 1. The van der Waals surface area contributed by atoms with Crippen LogP contribution in [0.1, 0.15) is 126 Å². The second kappa shape index (κ2) is 22.9. The van der Waals surface area contributed by atoms with E-state index in [1.165, 1.54) is 24.0 Å². The molecule has 70 heavy (non-hydrogen) atoms. The number of aromatic carboxylic acids is 1. The first-order valence-electron chi connectivity index (χ1n) is 24.0. The van der Waals surface area contributed by atoms with Crippen molar-refractivity contribution in [1.82, 2.24) is 30.2 Å². The number of benzene rings is 4. The number of carbonyl (C=O) groups excluding carboxylic acids is 1. The fourth-order valence-electron chi connectivity index (χ4n) is 10.3.